The Labute approximate surface area is 58.3 Å². The average molecular weight is 133 g/mol. The molecule has 3 heteroatoms. The Hall–Kier alpha value is -1.38. The lowest BCUT2D eigenvalue weighted by atomic mass is 10.4. The highest BCUT2D eigenvalue weighted by Crippen LogP contribution is 2.05. The fraction of sp³-hybridized carbons (Fsp3) is 0.143. The van der Waals surface area contributed by atoms with Crippen molar-refractivity contribution >= 4 is 11.0 Å². The minimum atomic E-state index is 0.949. The molecule has 2 aromatic heterocycles. The summed E-state index contributed by atoms with van der Waals surface area (Å²) in [6, 6.07) is 3.83. The minimum Gasteiger partial charge on any atom is -0.273 e. The van der Waals surface area contributed by atoms with Crippen LogP contribution in [0.5, 0.6) is 0 Å². The Morgan fingerprint density at radius 1 is 1.40 bits per heavy atom. The maximum absolute atomic E-state index is 4.17. The van der Waals surface area contributed by atoms with E-state index < -0.39 is 0 Å². The molecule has 10 heavy (non-hydrogen) atoms. The Balaban J connectivity index is 2.88. The first-order valence-corrected chi connectivity index (χ1v) is 3.10. The molecular weight excluding hydrogens is 126 g/mol. The summed E-state index contributed by atoms with van der Waals surface area (Å²) in [4.78, 5) is 4.12. The normalized spacial score (nSPS) is 10.5. The van der Waals surface area contributed by atoms with Crippen LogP contribution in [0.25, 0.3) is 11.0 Å². The molecular formula is C7H7N3. The molecule has 50 valence electrons. The molecule has 0 saturated carbocycles. The fourth-order valence-electron chi connectivity index (χ4n) is 0.969. The predicted octanol–water partition coefficient (Wildman–Crippen LogP) is 0.968. The zero-order chi connectivity index (χ0) is 6.97. The largest absolute Gasteiger partial charge is 0.273 e. The van der Waals surface area contributed by atoms with E-state index in [0.29, 0.717) is 0 Å². The summed E-state index contributed by atoms with van der Waals surface area (Å²) in [7, 11) is 1.89. The van der Waals surface area contributed by atoms with Gasteiger partial charge in [0.1, 0.15) is 11.0 Å². The van der Waals surface area contributed by atoms with E-state index in [2.05, 4.69) is 10.1 Å². The van der Waals surface area contributed by atoms with E-state index in [-0.39, 0.29) is 0 Å². The van der Waals surface area contributed by atoms with Crippen molar-refractivity contribution in [3.8, 4) is 0 Å². The van der Waals surface area contributed by atoms with Crippen LogP contribution >= 0.6 is 0 Å². The molecule has 0 unspecified atom stereocenters. The first kappa shape index (κ1) is 5.41. The molecule has 0 aliphatic carbocycles. The van der Waals surface area contributed by atoms with Crippen molar-refractivity contribution in [2.45, 2.75) is 0 Å². The van der Waals surface area contributed by atoms with Crippen LogP contribution in [0.4, 0.5) is 0 Å². The van der Waals surface area contributed by atoms with Crippen LogP contribution in [0, 0.1) is 0 Å². The van der Waals surface area contributed by atoms with Crippen LogP contribution in [0.2, 0.25) is 0 Å². The zero-order valence-electron chi connectivity index (χ0n) is 5.65. The summed E-state index contributed by atoms with van der Waals surface area (Å²) >= 11 is 0. The van der Waals surface area contributed by atoms with Crippen molar-refractivity contribution in [1.82, 2.24) is 14.8 Å². The van der Waals surface area contributed by atoms with Crippen molar-refractivity contribution < 1.29 is 0 Å². The van der Waals surface area contributed by atoms with Crippen molar-refractivity contribution in [2.75, 3.05) is 0 Å². The number of fused-ring (bicyclic) bond motifs is 1. The highest BCUT2D eigenvalue weighted by atomic mass is 15.2. The van der Waals surface area contributed by atoms with Crippen molar-refractivity contribution in [3.63, 3.8) is 0 Å². The summed E-state index contributed by atoms with van der Waals surface area (Å²) in [5, 5.41) is 4.17. The first-order chi connectivity index (χ1) is 4.86. The summed E-state index contributed by atoms with van der Waals surface area (Å²) < 4.78 is 1.76. The number of hydrogen-bond acceptors (Lipinski definition) is 2. The Bertz CT molecular complexity index is 317. The second-order valence-electron chi connectivity index (χ2n) is 2.21. The average Bonchev–Trinajstić information content (AvgIpc) is 2.27. The number of rotatable bonds is 0. The van der Waals surface area contributed by atoms with Crippen LogP contribution in [0.1, 0.15) is 0 Å². The number of aryl methyl sites for hydroxylation is 1. The molecule has 0 atom stereocenters. The SMILES string of the molecule is Cn1cc2ncccc2n1. The highest BCUT2D eigenvalue weighted by molar-refractivity contribution is 5.72. The minimum absolute atomic E-state index is 0.949. The summed E-state index contributed by atoms with van der Waals surface area (Å²) in [6.07, 6.45) is 3.67. The molecule has 0 saturated heterocycles. The van der Waals surface area contributed by atoms with Gasteiger partial charge in [0.05, 0.1) is 6.20 Å². The predicted molar refractivity (Wildman–Crippen MR) is 38.5 cm³/mol. The van der Waals surface area contributed by atoms with Gasteiger partial charge in [0.15, 0.2) is 0 Å². The first-order valence-electron chi connectivity index (χ1n) is 3.10. The third kappa shape index (κ3) is 0.673. The van der Waals surface area contributed by atoms with Gasteiger partial charge in [-0.25, -0.2) is 0 Å². The maximum atomic E-state index is 4.17. The van der Waals surface area contributed by atoms with Crippen molar-refractivity contribution in [1.29, 1.82) is 0 Å². The molecule has 0 radical (unpaired) electrons. The Kier molecular flexibility index (Phi) is 0.974. The van der Waals surface area contributed by atoms with Gasteiger partial charge in [0, 0.05) is 13.2 Å². The lowest BCUT2D eigenvalue weighted by Gasteiger charge is -1.80. The molecule has 0 bridgehead atoms. The van der Waals surface area contributed by atoms with E-state index in [0.717, 1.165) is 11.0 Å². The molecule has 0 aliphatic heterocycles. The van der Waals surface area contributed by atoms with Crippen LogP contribution in [0.3, 0.4) is 0 Å². The van der Waals surface area contributed by atoms with E-state index in [1.54, 1.807) is 10.9 Å². The molecule has 0 spiro atoms. The Morgan fingerprint density at radius 3 is 3.10 bits per heavy atom. The lowest BCUT2D eigenvalue weighted by molar-refractivity contribution is 0.779. The summed E-state index contributed by atoms with van der Waals surface area (Å²) in [5.41, 5.74) is 1.90. The zero-order valence-corrected chi connectivity index (χ0v) is 5.65. The number of pyridine rings is 1. The number of hydrogen-bond donors (Lipinski definition) is 0. The molecule has 2 aromatic rings. The van der Waals surface area contributed by atoms with Gasteiger partial charge in [-0.15, -0.1) is 0 Å². The van der Waals surface area contributed by atoms with E-state index in [4.69, 9.17) is 0 Å². The van der Waals surface area contributed by atoms with E-state index in [1.807, 2.05) is 25.4 Å². The molecule has 0 aromatic carbocycles. The fourth-order valence-corrected chi connectivity index (χ4v) is 0.969. The van der Waals surface area contributed by atoms with Gasteiger partial charge < -0.3 is 0 Å². The highest BCUT2D eigenvalue weighted by Gasteiger charge is 1.94. The van der Waals surface area contributed by atoms with Crippen LogP contribution < -0.4 is 0 Å². The molecule has 0 amide bonds. The number of aromatic nitrogens is 3. The standard InChI is InChI=1S/C7H7N3/c1-10-5-7-6(9-10)3-2-4-8-7/h2-5H,1H3. The quantitative estimate of drug-likeness (QED) is 0.536. The van der Waals surface area contributed by atoms with Crippen LogP contribution in [-0.2, 0) is 7.05 Å². The maximum Gasteiger partial charge on any atom is 0.111 e. The smallest absolute Gasteiger partial charge is 0.111 e. The molecule has 0 aliphatic rings. The molecule has 0 N–H and O–H groups in total. The number of nitrogens with zero attached hydrogens (tertiary/aromatic N) is 3. The molecule has 3 nitrogen and oxygen atoms in total. The van der Waals surface area contributed by atoms with Gasteiger partial charge in [-0.2, -0.15) is 5.10 Å². The van der Waals surface area contributed by atoms with Crippen molar-refractivity contribution in [2.24, 2.45) is 7.05 Å². The topological polar surface area (TPSA) is 30.7 Å². The second kappa shape index (κ2) is 1.80. The van der Waals surface area contributed by atoms with Gasteiger partial charge in [0.25, 0.3) is 0 Å². The van der Waals surface area contributed by atoms with Gasteiger partial charge in [-0.3, -0.25) is 9.67 Å². The van der Waals surface area contributed by atoms with Gasteiger partial charge in [0.2, 0.25) is 0 Å². The summed E-state index contributed by atoms with van der Waals surface area (Å²) in [5.74, 6) is 0. The molecule has 2 heterocycles. The van der Waals surface area contributed by atoms with Crippen molar-refractivity contribution in [3.05, 3.63) is 24.5 Å². The van der Waals surface area contributed by atoms with Crippen LogP contribution in [0.15, 0.2) is 24.5 Å². The molecule has 0 fully saturated rings. The van der Waals surface area contributed by atoms with Gasteiger partial charge in [-0.05, 0) is 12.1 Å². The lowest BCUT2D eigenvalue weighted by Crippen LogP contribution is -1.84. The monoisotopic (exact) mass is 133 g/mol. The second-order valence-corrected chi connectivity index (χ2v) is 2.21. The van der Waals surface area contributed by atoms with E-state index in [1.165, 1.54) is 0 Å². The Morgan fingerprint density at radius 2 is 2.30 bits per heavy atom. The van der Waals surface area contributed by atoms with Gasteiger partial charge >= 0.3 is 0 Å². The third-order valence-electron chi connectivity index (χ3n) is 1.39. The van der Waals surface area contributed by atoms with E-state index in [9.17, 15) is 0 Å². The molecule has 2 rings (SSSR count). The third-order valence-corrected chi connectivity index (χ3v) is 1.39. The summed E-state index contributed by atoms with van der Waals surface area (Å²) in [6.45, 7) is 0. The van der Waals surface area contributed by atoms with E-state index >= 15 is 0 Å². The van der Waals surface area contributed by atoms with Gasteiger partial charge in [-0.1, -0.05) is 0 Å². The van der Waals surface area contributed by atoms with Crippen LogP contribution in [-0.4, -0.2) is 14.8 Å².